The molecule has 1 unspecified atom stereocenters. The van der Waals surface area contributed by atoms with Gasteiger partial charge in [-0.25, -0.2) is 17.9 Å². The van der Waals surface area contributed by atoms with Crippen LogP contribution in [0.2, 0.25) is 0 Å². The molecule has 5 aromatic rings. The quantitative estimate of drug-likeness (QED) is 0.100. The molecule has 2 saturated heterocycles. The highest BCUT2D eigenvalue weighted by atomic mass is 32.2. The third-order valence-corrected chi connectivity index (χ3v) is 11.4. The van der Waals surface area contributed by atoms with Crippen molar-refractivity contribution in [1.82, 2.24) is 15.0 Å². The summed E-state index contributed by atoms with van der Waals surface area (Å²) in [6.45, 7) is 1.53. The first-order valence-corrected chi connectivity index (χ1v) is 19.4. The summed E-state index contributed by atoms with van der Waals surface area (Å²) < 4.78 is 76.5. The Kier molecular flexibility index (Phi) is 13.5. The minimum absolute atomic E-state index is 0.0256. The molecule has 1 N–H and O–H groups in total. The third kappa shape index (κ3) is 9.86. The number of nitrogens with zero attached hydrogens (tertiary/aromatic N) is 3. The molecule has 7 rings (SSSR count). The SMILES string of the molecule is O=C(O)C(S[C@@H]1O[C@H](COCc2ccccc2)[C@H](OCc2ccccc2)[C@H](n2cc(-c3cc(F)c(F)c(F)c3)nn2)[C@H]1OCc1ccccc1)C1CCOCC1. The van der Waals surface area contributed by atoms with Crippen LogP contribution >= 0.6 is 11.8 Å². The van der Waals surface area contributed by atoms with Crippen molar-refractivity contribution in [2.75, 3.05) is 19.8 Å². The van der Waals surface area contributed by atoms with E-state index in [-0.39, 0.29) is 43.6 Å². The largest absolute Gasteiger partial charge is 0.480 e. The van der Waals surface area contributed by atoms with Gasteiger partial charge in [0.1, 0.15) is 40.7 Å². The number of aromatic nitrogens is 3. The second-order valence-electron chi connectivity index (χ2n) is 13.7. The highest BCUT2D eigenvalue weighted by Gasteiger charge is 2.51. The molecule has 0 saturated carbocycles. The van der Waals surface area contributed by atoms with Gasteiger partial charge in [0.2, 0.25) is 0 Å². The maximum atomic E-state index is 14.4. The number of carboxylic acids is 1. The zero-order valence-electron chi connectivity index (χ0n) is 30.4. The van der Waals surface area contributed by atoms with Crippen molar-refractivity contribution < 1.29 is 46.8 Å². The highest BCUT2D eigenvalue weighted by Crippen LogP contribution is 2.43. The number of aliphatic carboxylic acids is 1. The average Bonchev–Trinajstić information content (AvgIpc) is 3.72. The monoisotopic (exact) mass is 789 g/mol. The predicted octanol–water partition coefficient (Wildman–Crippen LogP) is 7.63. The van der Waals surface area contributed by atoms with Gasteiger partial charge < -0.3 is 28.8 Å². The van der Waals surface area contributed by atoms with E-state index >= 15 is 0 Å². The van der Waals surface area contributed by atoms with Gasteiger partial charge in [-0.05, 0) is 47.6 Å². The van der Waals surface area contributed by atoms with Gasteiger partial charge in [0.25, 0.3) is 0 Å². The molecule has 14 heteroatoms. The molecule has 56 heavy (non-hydrogen) atoms. The number of rotatable bonds is 16. The molecule has 0 aliphatic carbocycles. The van der Waals surface area contributed by atoms with Crippen LogP contribution in [0.3, 0.4) is 0 Å². The van der Waals surface area contributed by atoms with Gasteiger partial charge in [0.15, 0.2) is 17.5 Å². The fraction of sp³-hybridized carbons (Fsp3) is 0.357. The topological polar surface area (TPSA) is 114 Å². The van der Waals surface area contributed by atoms with Crippen molar-refractivity contribution >= 4 is 17.7 Å². The Hall–Kier alpha value is -4.57. The van der Waals surface area contributed by atoms with Gasteiger partial charge in [-0.15, -0.1) is 16.9 Å². The van der Waals surface area contributed by atoms with Gasteiger partial charge in [-0.2, -0.15) is 0 Å². The molecule has 0 amide bonds. The Morgan fingerprint density at radius 2 is 1.38 bits per heavy atom. The van der Waals surface area contributed by atoms with Crippen molar-refractivity contribution in [2.45, 2.75) is 67.7 Å². The van der Waals surface area contributed by atoms with Gasteiger partial charge in [-0.1, -0.05) is 96.2 Å². The Morgan fingerprint density at radius 3 is 1.95 bits per heavy atom. The summed E-state index contributed by atoms with van der Waals surface area (Å²) in [6.07, 6.45) is 0.129. The van der Waals surface area contributed by atoms with E-state index < -0.39 is 58.5 Å². The molecule has 2 aliphatic heterocycles. The molecule has 2 aliphatic rings. The van der Waals surface area contributed by atoms with E-state index in [1.54, 1.807) is 0 Å². The van der Waals surface area contributed by atoms with Gasteiger partial charge in [0.05, 0.1) is 32.6 Å². The minimum Gasteiger partial charge on any atom is -0.480 e. The maximum Gasteiger partial charge on any atom is 0.317 e. The van der Waals surface area contributed by atoms with E-state index in [1.165, 1.54) is 10.9 Å². The maximum absolute atomic E-state index is 14.4. The van der Waals surface area contributed by atoms with Crippen LogP contribution in [0.5, 0.6) is 0 Å². The average molecular weight is 790 g/mol. The lowest BCUT2D eigenvalue weighted by molar-refractivity contribution is -0.218. The zero-order chi connectivity index (χ0) is 38.9. The Morgan fingerprint density at radius 1 is 0.821 bits per heavy atom. The van der Waals surface area contributed by atoms with E-state index in [0.717, 1.165) is 40.6 Å². The van der Waals surface area contributed by atoms with Crippen molar-refractivity contribution in [3.05, 3.63) is 143 Å². The molecule has 6 atom stereocenters. The molecule has 10 nitrogen and oxygen atoms in total. The molecule has 0 bridgehead atoms. The van der Waals surface area contributed by atoms with E-state index in [2.05, 4.69) is 10.3 Å². The van der Waals surface area contributed by atoms with E-state index in [9.17, 15) is 23.1 Å². The summed E-state index contributed by atoms with van der Waals surface area (Å²) in [6, 6.07) is 29.6. The van der Waals surface area contributed by atoms with Crippen LogP contribution in [0.15, 0.2) is 109 Å². The first-order valence-electron chi connectivity index (χ1n) is 18.4. The molecule has 0 radical (unpaired) electrons. The zero-order valence-corrected chi connectivity index (χ0v) is 31.2. The molecular formula is C42H42F3N3O7S. The van der Waals surface area contributed by atoms with Crippen molar-refractivity contribution in [3.63, 3.8) is 0 Å². The number of carbonyl (C=O) groups is 1. The lowest BCUT2D eigenvalue weighted by Gasteiger charge is -2.47. The van der Waals surface area contributed by atoms with Crippen LogP contribution in [0.1, 0.15) is 35.6 Å². The normalized spacial score (nSPS) is 22.2. The van der Waals surface area contributed by atoms with Crippen molar-refractivity contribution in [1.29, 1.82) is 0 Å². The highest BCUT2D eigenvalue weighted by molar-refractivity contribution is 8.01. The number of hydrogen-bond acceptors (Lipinski definition) is 9. The van der Waals surface area contributed by atoms with E-state index in [0.29, 0.717) is 26.1 Å². The Bertz CT molecular complexity index is 1980. The number of ether oxygens (including phenoxy) is 5. The summed E-state index contributed by atoms with van der Waals surface area (Å²) >= 11 is 1.16. The van der Waals surface area contributed by atoms with Crippen LogP contribution in [-0.2, 0) is 48.3 Å². The first kappa shape index (κ1) is 39.7. The number of thioether (sulfide) groups is 1. The Labute approximate surface area is 326 Å². The second kappa shape index (κ2) is 19.0. The van der Waals surface area contributed by atoms with Crippen LogP contribution in [0.4, 0.5) is 13.2 Å². The molecule has 3 heterocycles. The number of benzene rings is 4. The summed E-state index contributed by atoms with van der Waals surface area (Å²) in [5.41, 5.74) is 1.85. The number of hydrogen-bond donors (Lipinski definition) is 1. The standard InChI is InChI=1S/C42H42F3N3O7S/c43-32-20-31(21-33(44)36(32)45)34-22-48(47-46-34)37-38(53-24-28-12-6-2-7-13-28)35(26-52-23-27-10-4-1-5-11-27)55-42(39(37)54-25-29-14-8-3-9-15-29)56-40(41(49)50)30-16-18-51-19-17-30/h1-15,20-22,30,35,37-40,42H,16-19,23-26H2,(H,49,50)/t35-,37+,38+,39-,40?,42+/m1/s1. The van der Waals surface area contributed by atoms with Crippen molar-refractivity contribution in [3.8, 4) is 11.3 Å². The summed E-state index contributed by atoms with van der Waals surface area (Å²) in [5, 5.41) is 18.4. The molecule has 0 spiro atoms. The lowest BCUT2D eigenvalue weighted by Crippen LogP contribution is -2.57. The summed E-state index contributed by atoms with van der Waals surface area (Å²) in [5.74, 6) is -5.50. The number of carboxylic acid groups (broad SMARTS) is 1. The lowest BCUT2D eigenvalue weighted by atomic mass is 9.96. The fourth-order valence-electron chi connectivity index (χ4n) is 7.02. The van der Waals surface area contributed by atoms with Crippen LogP contribution < -0.4 is 0 Å². The van der Waals surface area contributed by atoms with E-state index in [1.807, 2.05) is 91.0 Å². The first-order chi connectivity index (χ1) is 27.3. The molecule has 294 valence electrons. The van der Waals surface area contributed by atoms with Gasteiger partial charge >= 0.3 is 5.97 Å². The molecular weight excluding hydrogens is 748 g/mol. The smallest absolute Gasteiger partial charge is 0.317 e. The fourth-order valence-corrected chi connectivity index (χ4v) is 8.52. The van der Waals surface area contributed by atoms with Crippen LogP contribution in [-0.4, -0.2) is 74.9 Å². The molecule has 1 aromatic heterocycles. The third-order valence-electron chi connectivity index (χ3n) is 9.89. The van der Waals surface area contributed by atoms with Gasteiger partial charge in [-0.3, -0.25) is 4.79 Å². The second-order valence-corrected chi connectivity index (χ2v) is 15.0. The van der Waals surface area contributed by atoms with Crippen molar-refractivity contribution in [2.24, 2.45) is 5.92 Å². The number of halogens is 3. The Balaban J connectivity index is 1.30. The van der Waals surface area contributed by atoms with Crippen LogP contribution in [0, 0.1) is 23.4 Å². The summed E-state index contributed by atoms with van der Waals surface area (Å²) in [4.78, 5) is 13.0. The predicted molar refractivity (Wildman–Crippen MR) is 202 cm³/mol. The molecule has 4 aromatic carbocycles. The van der Waals surface area contributed by atoms with Crippen LogP contribution in [0.25, 0.3) is 11.3 Å². The molecule has 2 fully saturated rings. The van der Waals surface area contributed by atoms with E-state index in [4.69, 9.17) is 23.7 Å². The van der Waals surface area contributed by atoms with Gasteiger partial charge in [0, 0.05) is 18.8 Å². The minimum atomic E-state index is -1.59. The summed E-state index contributed by atoms with van der Waals surface area (Å²) in [7, 11) is 0.